The third kappa shape index (κ3) is 2.64. The number of rotatable bonds is 3. The van der Waals surface area contributed by atoms with Crippen LogP contribution in [0, 0.1) is 20.8 Å². The van der Waals surface area contributed by atoms with Gasteiger partial charge < -0.3 is 9.13 Å². The molecule has 5 rings (SSSR count). The number of hydrogen-bond donors (Lipinski definition) is 0. The Balaban J connectivity index is 1.92. The summed E-state index contributed by atoms with van der Waals surface area (Å²) in [6.45, 7) is 6.68. The largest absolute Gasteiger partial charge is 0.348 e. The molecule has 2 nitrogen and oxygen atoms in total. The molecule has 0 atom stereocenters. The molecule has 0 aliphatic heterocycles. The lowest BCUT2D eigenvalue weighted by Crippen LogP contribution is -2.07. The van der Waals surface area contributed by atoms with Crippen LogP contribution in [0.2, 0.25) is 0 Å². The molecule has 3 aromatic carbocycles. The average Bonchev–Trinajstić information content (AvgIpc) is 3.16. The van der Waals surface area contributed by atoms with Crippen molar-refractivity contribution in [3.8, 4) is 0 Å². The van der Waals surface area contributed by atoms with Crippen LogP contribution in [0.5, 0.6) is 0 Å². The van der Waals surface area contributed by atoms with E-state index in [1.54, 1.807) is 0 Å². The van der Waals surface area contributed by atoms with Crippen LogP contribution in [-0.4, -0.2) is 9.13 Å². The van der Waals surface area contributed by atoms with Gasteiger partial charge in [0.25, 0.3) is 0 Å². The highest BCUT2D eigenvalue weighted by atomic mass is 15.0. The van der Waals surface area contributed by atoms with Crippen molar-refractivity contribution in [1.82, 2.24) is 9.13 Å². The molecular formula is C28H28N2. The van der Waals surface area contributed by atoms with Crippen molar-refractivity contribution >= 4 is 21.8 Å². The van der Waals surface area contributed by atoms with Crippen LogP contribution in [0.15, 0.2) is 72.8 Å². The molecule has 0 aliphatic carbocycles. The van der Waals surface area contributed by atoms with Gasteiger partial charge in [-0.25, -0.2) is 0 Å². The smallest absolute Gasteiger partial charge is 0.0483 e. The van der Waals surface area contributed by atoms with Gasteiger partial charge in [0.2, 0.25) is 0 Å². The van der Waals surface area contributed by atoms with E-state index in [1.807, 2.05) is 0 Å². The van der Waals surface area contributed by atoms with Gasteiger partial charge in [-0.2, -0.15) is 0 Å². The van der Waals surface area contributed by atoms with Gasteiger partial charge in [0.05, 0.1) is 0 Å². The molecule has 0 bridgehead atoms. The number of fused-ring (bicyclic) bond motifs is 2. The molecule has 150 valence electrons. The topological polar surface area (TPSA) is 9.86 Å². The summed E-state index contributed by atoms with van der Waals surface area (Å²) in [5.41, 5.74) is 10.7. The summed E-state index contributed by atoms with van der Waals surface area (Å²) in [6, 6.07) is 26.7. The molecule has 0 N–H and O–H groups in total. The summed E-state index contributed by atoms with van der Waals surface area (Å²) >= 11 is 0. The maximum absolute atomic E-state index is 2.34. The zero-order valence-electron chi connectivity index (χ0n) is 18.4. The van der Waals surface area contributed by atoms with Crippen molar-refractivity contribution < 1.29 is 0 Å². The first-order chi connectivity index (χ1) is 14.5. The molecular weight excluding hydrogens is 364 g/mol. The van der Waals surface area contributed by atoms with Crippen LogP contribution in [0.1, 0.15) is 39.6 Å². The minimum Gasteiger partial charge on any atom is -0.348 e. The van der Waals surface area contributed by atoms with Gasteiger partial charge in [-0.15, -0.1) is 0 Å². The Hall–Kier alpha value is -3.26. The van der Waals surface area contributed by atoms with E-state index in [0.717, 1.165) is 0 Å². The minimum atomic E-state index is 0.183. The van der Waals surface area contributed by atoms with E-state index in [4.69, 9.17) is 0 Å². The Morgan fingerprint density at radius 2 is 1.00 bits per heavy atom. The van der Waals surface area contributed by atoms with E-state index in [2.05, 4.69) is 117 Å². The Labute approximate surface area is 178 Å². The maximum atomic E-state index is 2.34. The number of aromatic nitrogens is 2. The molecule has 0 radical (unpaired) electrons. The molecule has 0 aliphatic rings. The molecule has 5 aromatic rings. The van der Waals surface area contributed by atoms with Crippen molar-refractivity contribution in [1.29, 1.82) is 0 Å². The number of aryl methyl sites for hydroxylation is 3. The summed E-state index contributed by atoms with van der Waals surface area (Å²) in [6.07, 6.45) is 0. The van der Waals surface area contributed by atoms with E-state index in [1.165, 1.54) is 55.4 Å². The second-order valence-electron chi connectivity index (χ2n) is 8.49. The van der Waals surface area contributed by atoms with Crippen LogP contribution in [-0.2, 0) is 14.1 Å². The molecule has 0 fully saturated rings. The second-order valence-corrected chi connectivity index (χ2v) is 8.49. The van der Waals surface area contributed by atoms with Gasteiger partial charge in [0.15, 0.2) is 0 Å². The lowest BCUT2D eigenvalue weighted by molar-refractivity contribution is 0.856. The van der Waals surface area contributed by atoms with Gasteiger partial charge >= 0.3 is 0 Å². The zero-order valence-corrected chi connectivity index (χ0v) is 18.4. The highest BCUT2D eigenvalue weighted by Crippen LogP contribution is 2.43. The average molecular weight is 393 g/mol. The Morgan fingerprint density at radius 1 is 0.567 bits per heavy atom. The third-order valence-electron chi connectivity index (χ3n) is 6.88. The number of nitrogens with zero attached hydrogens (tertiary/aromatic N) is 2. The van der Waals surface area contributed by atoms with Gasteiger partial charge in [-0.1, -0.05) is 66.2 Å². The second kappa shape index (κ2) is 6.91. The standard InChI is InChI=1S/C28H28N2/c1-18-14-16-21(17-15-18)28(26-19(2)29(4)24-12-8-6-10-22(24)26)27-20(3)30(5)25-13-9-7-11-23(25)27/h6-17,28H,1-5H3. The summed E-state index contributed by atoms with van der Waals surface area (Å²) < 4.78 is 4.68. The lowest BCUT2D eigenvalue weighted by Gasteiger charge is -2.21. The fourth-order valence-electron chi connectivity index (χ4n) is 5.07. The number of hydrogen-bond acceptors (Lipinski definition) is 0. The lowest BCUT2D eigenvalue weighted by atomic mass is 9.82. The molecule has 0 saturated heterocycles. The predicted molar refractivity (Wildman–Crippen MR) is 127 cm³/mol. The third-order valence-corrected chi connectivity index (χ3v) is 6.88. The first-order valence-electron chi connectivity index (χ1n) is 10.6. The fourth-order valence-corrected chi connectivity index (χ4v) is 5.07. The molecule has 0 unspecified atom stereocenters. The molecule has 2 heteroatoms. The van der Waals surface area contributed by atoms with Crippen LogP contribution in [0.25, 0.3) is 21.8 Å². The summed E-state index contributed by atoms with van der Waals surface area (Å²) in [5, 5.41) is 2.69. The monoisotopic (exact) mass is 392 g/mol. The summed E-state index contributed by atoms with van der Waals surface area (Å²) in [5.74, 6) is 0.183. The molecule has 2 aromatic heterocycles. The first-order valence-corrected chi connectivity index (χ1v) is 10.6. The first kappa shape index (κ1) is 18.7. The van der Waals surface area contributed by atoms with E-state index in [-0.39, 0.29) is 5.92 Å². The van der Waals surface area contributed by atoms with Gasteiger partial charge in [-0.05, 0) is 49.6 Å². The van der Waals surface area contributed by atoms with Crippen LogP contribution >= 0.6 is 0 Å². The van der Waals surface area contributed by atoms with Gasteiger partial charge in [0, 0.05) is 53.2 Å². The van der Waals surface area contributed by atoms with Crippen molar-refractivity contribution in [2.24, 2.45) is 14.1 Å². The summed E-state index contributed by atoms with van der Waals surface area (Å²) in [4.78, 5) is 0. The van der Waals surface area contributed by atoms with Crippen molar-refractivity contribution in [3.63, 3.8) is 0 Å². The minimum absolute atomic E-state index is 0.183. The van der Waals surface area contributed by atoms with Crippen LogP contribution < -0.4 is 0 Å². The van der Waals surface area contributed by atoms with E-state index in [0.29, 0.717) is 0 Å². The maximum Gasteiger partial charge on any atom is 0.0483 e. The molecule has 0 saturated carbocycles. The van der Waals surface area contributed by atoms with Crippen LogP contribution in [0.3, 0.4) is 0 Å². The Morgan fingerprint density at radius 3 is 1.47 bits per heavy atom. The molecule has 30 heavy (non-hydrogen) atoms. The molecule has 0 amide bonds. The highest BCUT2D eigenvalue weighted by Gasteiger charge is 2.28. The highest BCUT2D eigenvalue weighted by molar-refractivity contribution is 5.91. The number of para-hydroxylation sites is 2. The van der Waals surface area contributed by atoms with Crippen molar-refractivity contribution in [3.05, 3.63) is 106 Å². The normalized spacial score (nSPS) is 11.8. The summed E-state index contributed by atoms with van der Waals surface area (Å²) in [7, 11) is 4.37. The quantitative estimate of drug-likeness (QED) is 0.320. The van der Waals surface area contributed by atoms with Crippen molar-refractivity contribution in [2.45, 2.75) is 26.7 Å². The van der Waals surface area contributed by atoms with E-state index in [9.17, 15) is 0 Å². The van der Waals surface area contributed by atoms with Crippen LogP contribution in [0.4, 0.5) is 0 Å². The predicted octanol–water partition coefficient (Wildman–Crippen LogP) is 6.78. The van der Waals surface area contributed by atoms with Gasteiger partial charge in [0.1, 0.15) is 0 Å². The van der Waals surface area contributed by atoms with Gasteiger partial charge in [-0.3, -0.25) is 0 Å². The zero-order chi connectivity index (χ0) is 21.0. The fraction of sp³-hybridized carbons (Fsp3) is 0.214. The van der Waals surface area contributed by atoms with E-state index < -0.39 is 0 Å². The number of benzene rings is 3. The Kier molecular flexibility index (Phi) is 4.32. The Bertz CT molecular complexity index is 1290. The SMILES string of the molecule is Cc1ccc(C(c2c(C)n(C)c3ccccc23)c2c(C)n(C)c3ccccc23)cc1. The molecule has 0 spiro atoms. The van der Waals surface area contributed by atoms with Crippen molar-refractivity contribution in [2.75, 3.05) is 0 Å². The van der Waals surface area contributed by atoms with E-state index >= 15 is 0 Å². The molecule has 2 heterocycles.